The highest BCUT2D eigenvalue weighted by molar-refractivity contribution is 5.72. The molecule has 0 fully saturated rings. The van der Waals surface area contributed by atoms with E-state index < -0.39 is 0 Å². The maximum absolute atomic E-state index is 5.57. The van der Waals surface area contributed by atoms with Crippen LogP contribution in [0.4, 0.5) is 0 Å². The molecule has 1 rings (SSSR count). The van der Waals surface area contributed by atoms with Gasteiger partial charge in [0, 0.05) is 5.70 Å². The number of aryl methyl sites for hydroxylation is 1. The van der Waals surface area contributed by atoms with E-state index in [0.717, 1.165) is 16.8 Å². The summed E-state index contributed by atoms with van der Waals surface area (Å²) >= 11 is 0. The molecule has 0 unspecified atom stereocenters. The molecular formula is C12H15N. The normalized spacial score (nSPS) is 11.4. The first-order chi connectivity index (χ1) is 6.09. The number of nitrogens with two attached hydrogens (primary N) is 1. The zero-order chi connectivity index (χ0) is 9.84. The van der Waals surface area contributed by atoms with Crippen LogP contribution in [0, 0.1) is 6.92 Å². The van der Waals surface area contributed by atoms with Gasteiger partial charge in [0.2, 0.25) is 0 Å². The van der Waals surface area contributed by atoms with Gasteiger partial charge in [-0.2, -0.15) is 0 Å². The first kappa shape index (κ1) is 9.59. The average molecular weight is 173 g/mol. The summed E-state index contributed by atoms with van der Waals surface area (Å²) in [7, 11) is 0. The fourth-order valence-corrected chi connectivity index (χ4v) is 1.20. The van der Waals surface area contributed by atoms with E-state index in [0.29, 0.717) is 0 Å². The van der Waals surface area contributed by atoms with Gasteiger partial charge in [0.1, 0.15) is 0 Å². The van der Waals surface area contributed by atoms with Gasteiger partial charge in [-0.05, 0) is 31.1 Å². The lowest BCUT2D eigenvalue weighted by atomic mass is 10.0. The number of hydrogen-bond acceptors (Lipinski definition) is 1. The third-order valence-corrected chi connectivity index (χ3v) is 1.79. The summed E-state index contributed by atoms with van der Waals surface area (Å²) in [6.45, 7) is 7.88. The second kappa shape index (κ2) is 3.94. The summed E-state index contributed by atoms with van der Waals surface area (Å²) < 4.78 is 0. The van der Waals surface area contributed by atoms with E-state index in [-0.39, 0.29) is 0 Å². The minimum absolute atomic E-state index is 0.784. The highest BCUT2D eigenvalue weighted by Crippen LogP contribution is 2.15. The molecule has 1 nitrogen and oxygen atoms in total. The van der Waals surface area contributed by atoms with Gasteiger partial charge in [-0.15, -0.1) is 0 Å². The quantitative estimate of drug-likeness (QED) is 0.684. The fraction of sp³-hybridized carbons (Fsp3) is 0.167. The molecule has 2 N–H and O–H groups in total. The second-order valence-corrected chi connectivity index (χ2v) is 3.28. The van der Waals surface area contributed by atoms with Crippen LogP contribution in [0.3, 0.4) is 0 Å². The van der Waals surface area contributed by atoms with E-state index in [1.54, 1.807) is 0 Å². The lowest BCUT2D eigenvalue weighted by Crippen LogP contribution is -1.91. The van der Waals surface area contributed by atoms with Gasteiger partial charge in [0.05, 0.1) is 0 Å². The summed E-state index contributed by atoms with van der Waals surface area (Å²) in [4.78, 5) is 0. The van der Waals surface area contributed by atoms with Crippen molar-refractivity contribution >= 4 is 5.57 Å². The van der Waals surface area contributed by atoms with Crippen LogP contribution in [0.1, 0.15) is 18.1 Å². The molecule has 1 heteroatoms. The fourth-order valence-electron chi connectivity index (χ4n) is 1.20. The summed E-state index contributed by atoms with van der Waals surface area (Å²) in [6.07, 6.45) is 1.88. The Kier molecular flexibility index (Phi) is 2.91. The minimum atomic E-state index is 0.784. The van der Waals surface area contributed by atoms with Gasteiger partial charge in [0.25, 0.3) is 0 Å². The highest BCUT2D eigenvalue weighted by atomic mass is 14.5. The van der Waals surface area contributed by atoms with Gasteiger partial charge in [-0.3, -0.25) is 0 Å². The summed E-state index contributed by atoms with van der Waals surface area (Å²) in [5.74, 6) is 0. The first-order valence-corrected chi connectivity index (χ1v) is 4.29. The standard InChI is InChI=1S/C12H15N/c1-9-5-4-6-12(7-9)10(2)8-11(3)13/h4-8H,2,13H2,1,3H3/b11-8+. The molecule has 0 bridgehead atoms. The van der Waals surface area contributed by atoms with E-state index in [9.17, 15) is 0 Å². The zero-order valence-electron chi connectivity index (χ0n) is 8.17. The van der Waals surface area contributed by atoms with E-state index >= 15 is 0 Å². The van der Waals surface area contributed by atoms with Crippen molar-refractivity contribution in [3.8, 4) is 0 Å². The Morgan fingerprint density at radius 2 is 2.15 bits per heavy atom. The average Bonchev–Trinajstić information content (AvgIpc) is 2.03. The van der Waals surface area contributed by atoms with E-state index in [1.807, 2.05) is 25.1 Å². The van der Waals surface area contributed by atoms with Crippen molar-refractivity contribution < 1.29 is 0 Å². The molecule has 0 saturated heterocycles. The van der Waals surface area contributed by atoms with Gasteiger partial charge < -0.3 is 5.73 Å². The van der Waals surface area contributed by atoms with Gasteiger partial charge >= 0.3 is 0 Å². The molecule has 13 heavy (non-hydrogen) atoms. The van der Waals surface area contributed by atoms with Crippen LogP contribution in [-0.4, -0.2) is 0 Å². The molecule has 0 aliphatic carbocycles. The first-order valence-electron chi connectivity index (χ1n) is 4.29. The third kappa shape index (κ3) is 2.79. The molecule has 0 atom stereocenters. The Balaban J connectivity index is 2.96. The molecule has 0 heterocycles. The minimum Gasteiger partial charge on any atom is -0.402 e. The van der Waals surface area contributed by atoms with Gasteiger partial charge in [0.15, 0.2) is 0 Å². The Morgan fingerprint density at radius 3 is 2.69 bits per heavy atom. The molecule has 0 aromatic heterocycles. The summed E-state index contributed by atoms with van der Waals surface area (Å²) in [5, 5.41) is 0. The number of allylic oxidation sites excluding steroid dienone is 3. The molecule has 0 saturated carbocycles. The molecule has 1 aromatic rings. The maximum atomic E-state index is 5.57. The van der Waals surface area contributed by atoms with Crippen LogP contribution in [0.25, 0.3) is 5.57 Å². The number of hydrogen-bond donors (Lipinski definition) is 1. The Bertz CT molecular complexity index is 344. The Labute approximate surface area is 79.6 Å². The monoisotopic (exact) mass is 173 g/mol. The Morgan fingerprint density at radius 1 is 1.46 bits per heavy atom. The van der Waals surface area contributed by atoms with Crippen molar-refractivity contribution in [2.75, 3.05) is 0 Å². The molecule has 0 aliphatic heterocycles. The van der Waals surface area contributed by atoms with E-state index in [2.05, 4.69) is 25.6 Å². The molecular weight excluding hydrogens is 158 g/mol. The van der Waals surface area contributed by atoms with Gasteiger partial charge in [-0.1, -0.05) is 36.4 Å². The largest absolute Gasteiger partial charge is 0.402 e. The maximum Gasteiger partial charge on any atom is 0.00548 e. The van der Waals surface area contributed by atoms with Crippen molar-refractivity contribution in [2.24, 2.45) is 5.73 Å². The van der Waals surface area contributed by atoms with Crippen LogP contribution >= 0.6 is 0 Å². The molecule has 0 radical (unpaired) electrons. The Hall–Kier alpha value is -1.50. The molecule has 0 aliphatic rings. The van der Waals surface area contributed by atoms with Crippen molar-refractivity contribution in [1.29, 1.82) is 0 Å². The summed E-state index contributed by atoms with van der Waals surface area (Å²) in [6, 6.07) is 8.22. The van der Waals surface area contributed by atoms with Crippen molar-refractivity contribution in [2.45, 2.75) is 13.8 Å². The topological polar surface area (TPSA) is 26.0 Å². The molecule has 68 valence electrons. The zero-order valence-corrected chi connectivity index (χ0v) is 8.17. The lowest BCUT2D eigenvalue weighted by molar-refractivity contribution is 1.32. The van der Waals surface area contributed by atoms with Gasteiger partial charge in [-0.25, -0.2) is 0 Å². The summed E-state index contributed by atoms with van der Waals surface area (Å²) in [5.41, 5.74) is 9.68. The van der Waals surface area contributed by atoms with Crippen LogP contribution in [0.2, 0.25) is 0 Å². The lowest BCUT2D eigenvalue weighted by Gasteiger charge is -2.02. The van der Waals surface area contributed by atoms with E-state index in [4.69, 9.17) is 5.73 Å². The predicted molar refractivity (Wildman–Crippen MR) is 58.2 cm³/mol. The smallest absolute Gasteiger partial charge is 0.00548 e. The van der Waals surface area contributed by atoms with Crippen molar-refractivity contribution in [3.05, 3.63) is 53.7 Å². The van der Waals surface area contributed by atoms with Crippen LogP contribution in [0.5, 0.6) is 0 Å². The SMILES string of the molecule is C=C(/C=C(\C)N)c1cccc(C)c1. The van der Waals surface area contributed by atoms with E-state index in [1.165, 1.54) is 5.56 Å². The number of rotatable bonds is 2. The molecule has 0 amide bonds. The molecule has 1 aromatic carbocycles. The second-order valence-electron chi connectivity index (χ2n) is 3.28. The van der Waals surface area contributed by atoms with Crippen molar-refractivity contribution in [1.82, 2.24) is 0 Å². The molecule has 0 spiro atoms. The third-order valence-electron chi connectivity index (χ3n) is 1.79. The van der Waals surface area contributed by atoms with Crippen LogP contribution in [-0.2, 0) is 0 Å². The predicted octanol–water partition coefficient (Wildman–Crippen LogP) is 2.87. The van der Waals surface area contributed by atoms with Crippen LogP contribution in [0.15, 0.2) is 42.6 Å². The van der Waals surface area contributed by atoms with Crippen LogP contribution < -0.4 is 5.73 Å². The highest BCUT2D eigenvalue weighted by Gasteiger charge is 1.95. The number of benzene rings is 1. The van der Waals surface area contributed by atoms with Crippen molar-refractivity contribution in [3.63, 3.8) is 0 Å².